The Balaban J connectivity index is 0.00000192. The Morgan fingerprint density at radius 2 is 2.00 bits per heavy atom. The Bertz CT molecular complexity index is 672. The van der Waals surface area contributed by atoms with Crippen LogP contribution in [0.4, 0.5) is 0 Å². The molecule has 1 aromatic heterocycles. The molecule has 1 aromatic carbocycles. The Hall–Kier alpha value is -1.01. The zero-order chi connectivity index (χ0) is 15.7. The van der Waals surface area contributed by atoms with Crippen LogP contribution < -0.4 is 10.5 Å². The number of hydrogen-bond acceptors (Lipinski definition) is 5. The Kier molecular flexibility index (Phi) is 5.79. The summed E-state index contributed by atoms with van der Waals surface area (Å²) < 4.78 is 11.1. The second-order valence-electron chi connectivity index (χ2n) is 5.63. The predicted octanol–water partition coefficient (Wildman–Crippen LogP) is 4.67. The van der Waals surface area contributed by atoms with E-state index in [4.69, 9.17) is 38.2 Å². The average molecular weight is 379 g/mol. The van der Waals surface area contributed by atoms with Crippen molar-refractivity contribution in [2.75, 3.05) is 0 Å². The van der Waals surface area contributed by atoms with Gasteiger partial charge in [-0.05, 0) is 31.9 Å². The zero-order valence-corrected chi connectivity index (χ0v) is 14.9. The van der Waals surface area contributed by atoms with Crippen LogP contribution in [0.5, 0.6) is 5.75 Å². The molecule has 126 valence electrons. The highest BCUT2D eigenvalue weighted by Crippen LogP contribution is 2.36. The van der Waals surface area contributed by atoms with E-state index in [1.165, 1.54) is 0 Å². The summed E-state index contributed by atoms with van der Waals surface area (Å²) in [5.41, 5.74) is 5.85. The third kappa shape index (κ3) is 3.74. The molecule has 0 amide bonds. The molecule has 1 fully saturated rings. The van der Waals surface area contributed by atoms with Crippen LogP contribution in [0.15, 0.2) is 22.7 Å². The number of halogens is 3. The number of aromatic nitrogens is 2. The quantitative estimate of drug-likeness (QED) is 0.837. The Labute approximate surface area is 150 Å². The highest BCUT2D eigenvalue weighted by molar-refractivity contribution is 6.42. The van der Waals surface area contributed by atoms with Crippen LogP contribution in [0.25, 0.3) is 0 Å². The first-order chi connectivity index (χ1) is 10.5. The molecule has 1 atom stereocenters. The van der Waals surface area contributed by atoms with E-state index in [9.17, 15) is 0 Å². The maximum absolute atomic E-state index is 6.33. The van der Waals surface area contributed by atoms with Gasteiger partial charge < -0.3 is 15.0 Å². The van der Waals surface area contributed by atoms with E-state index in [2.05, 4.69) is 10.1 Å². The molecule has 8 heteroatoms. The van der Waals surface area contributed by atoms with Crippen LogP contribution in [-0.2, 0) is 5.54 Å². The van der Waals surface area contributed by atoms with Gasteiger partial charge in [-0.15, -0.1) is 12.4 Å². The largest absolute Gasteiger partial charge is 0.479 e. The summed E-state index contributed by atoms with van der Waals surface area (Å²) in [4.78, 5) is 4.41. The lowest BCUT2D eigenvalue weighted by Gasteiger charge is -2.18. The van der Waals surface area contributed by atoms with Gasteiger partial charge in [-0.25, -0.2) is 0 Å². The summed E-state index contributed by atoms with van der Waals surface area (Å²) in [5.74, 6) is 1.40. The third-order valence-electron chi connectivity index (χ3n) is 3.95. The Morgan fingerprint density at radius 1 is 1.30 bits per heavy atom. The van der Waals surface area contributed by atoms with Gasteiger partial charge in [0.25, 0.3) is 5.89 Å². The topological polar surface area (TPSA) is 74.2 Å². The minimum atomic E-state index is -0.477. The molecule has 3 rings (SSSR count). The highest BCUT2D eigenvalue weighted by Gasteiger charge is 2.36. The molecule has 2 aromatic rings. The first kappa shape index (κ1) is 18.3. The summed E-state index contributed by atoms with van der Waals surface area (Å²) in [7, 11) is 0. The first-order valence-corrected chi connectivity index (χ1v) is 7.99. The molecule has 5 nitrogen and oxygen atoms in total. The van der Waals surface area contributed by atoms with Crippen LogP contribution in [0.2, 0.25) is 10.0 Å². The van der Waals surface area contributed by atoms with E-state index in [1.807, 2.05) is 6.92 Å². The van der Waals surface area contributed by atoms with Gasteiger partial charge in [0.05, 0.1) is 10.6 Å². The van der Waals surface area contributed by atoms with Crippen molar-refractivity contribution in [1.82, 2.24) is 10.1 Å². The van der Waals surface area contributed by atoms with Crippen molar-refractivity contribution in [3.8, 4) is 5.75 Å². The fraction of sp³-hybridized carbons (Fsp3) is 0.467. The maximum atomic E-state index is 6.33. The van der Waals surface area contributed by atoms with Gasteiger partial charge in [-0.1, -0.05) is 47.3 Å². The van der Waals surface area contributed by atoms with Crippen molar-refractivity contribution < 1.29 is 9.26 Å². The molecule has 0 saturated heterocycles. The van der Waals surface area contributed by atoms with Crippen molar-refractivity contribution >= 4 is 35.6 Å². The van der Waals surface area contributed by atoms with Gasteiger partial charge in [-0.3, -0.25) is 0 Å². The molecule has 2 N–H and O–H groups in total. The van der Waals surface area contributed by atoms with E-state index in [1.54, 1.807) is 18.2 Å². The SMILES string of the molecule is CC(Oc1cccc(Cl)c1Cl)c1nc(C2(N)CCCC2)no1.Cl. The van der Waals surface area contributed by atoms with Gasteiger partial charge in [0.15, 0.2) is 11.9 Å². The number of hydrogen-bond donors (Lipinski definition) is 1. The minimum Gasteiger partial charge on any atom is -0.479 e. The smallest absolute Gasteiger partial charge is 0.267 e. The van der Waals surface area contributed by atoms with E-state index in [0.717, 1.165) is 25.7 Å². The average Bonchev–Trinajstić information content (AvgIpc) is 3.13. The van der Waals surface area contributed by atoms with Gasteiger partial charge >= 0.3 is 0 Å². The summed E-state index contributed by atoms with van der Waals surface area (Å²) >= 11 is 12.1. The maximum Gasteiger partial charge on any atom is 0.267 e. The zero-order valence-electron chi connectivity index (χ0n) is 12.6. The highest BCUT2D eigenvalue weighted by atomic mass is 35.5. The number of benzene rings is 1. The first-order valence-electron chi connectivity index (χ1n) is 7.23. The lowest BCUT2D eigenvalue weighted by atomic mass is 9.99. The summed E-state index contributed by atoms with van der Waals surface area (Å²) in [6.07, 6.45) is 3.49. The van der Waals surface area contributed by atoms with Crippen LogP contribution in [0, 0.1) is 0 Å². The van der Waals surface area contributed by atoms with E-state index in [0.29, 0.717) is 27.5 Å². The standard InChI is InChI=1S/C15H17Cl2N3O2.ClH/c1-9(21-11-6-4-5-10(16)12(11)17)13-19-14(20-22-13)15(18)7-2-3-8-15;/h4-6,9H,2-3,7-8,18H2,1H3;1H. The van der Waals surface area contributed by atoms with E-state index in [-0.39, 0.29) is 12.4 Å². The van der Waals surface area contributed by atoms with E-state index >= 15 is 0 Å². The molecule has 0 bridgehead atoms. The second-order valence-corrected chi connectivity index (χ2v) is 6.42. The number of rotatable bonds is 4. The molecular formula is C15H18Cl3N3O2. The number of nitrogens with zero attached hydrogens (tertiary/aromatic N) is 2. The lowest BCUT2D eigenvalue weighted by Crippen LogP contribution is -2.34. The molecule has 0 radical (unpaired) electrons. The summed E-state index contributed by atoms with van der Waals surface area (Å²) in [6, 6.07) is 5.21. The van der Waals surface area contributed by atoms with Crippen molar-refractivity contribution in [2.45, 2.75) is 44.2 Å². The van der Waals surface area contributed by atoms with Crippen LogP contribution in [0.3, 0.4) is 0 Å². The molecule has 1 aliphatic rings. The van der Waals surface area contributed by atoms with Gasteiger partial charge in [0, 0.05) is 0 Å². The molecule has 1 heterocycles. The molecule has 0 spiro atoms. The molecular weight excluding hydrogens is 361 g/mol. The normalized spacial score (nSPS) is 17.6. The van der Waals surface area contributed by atoms with E-state index < -0.39 is 11.6 Å². The van der Waals surface area contributed by atoms with Crippen LogP contribution in [0.1, 0.15) is 50.4 Å². The monoisotopic (exact) mass is 377 g/mol. The Morgan fingerprint density at radius 3 is 2.70 bits per heavy atom. The molecule has 1 saturated carbocycles. The van der Waals surface area contributed by atoms with Crippen molar-refractivity contribution in [3.05, 3.63) is 40.0 Å². The van der Waals surface area contributed by atoms with Crippen molar-refractivity contribution in [2.24, 2.45) is 5.73 Å². The lowest BCUT2D eigenvalue weighted by molar-refractivity contribution is 0.175. The van der Waals surface area contributed by atoms with Gasteiger partial charge in [0.1, 0.15) is 10.8 Å². The fourth-order valence-corrected chi connectivity index (χ4v) is 2.98. The number of ether oxygens (including phenoxy) is 1. The fourth-order valence-electron chi connectivity index (χ4n) is 2.65. The summed E-state index contributed by atoms with van der Waals surface area (Å²) in [6.45, 7) is 1.81. The molecule has 23 heavy (non-hydrogen) atoms. The van der Waals surface area contributed by atoms with Crippen molar-refractivity contribution in [1.29, 1.82) is 0 Å². The second kappa shape index (κ2) is 7.26. The molecule has 0 aliphatic heterocycles. The molecule has 1 aliphatic carbocycles. The van der Waals surface area contributed by atoms with Gasteiger partial charge in [-0.2, -0.15) is 4.98 Å². The predicted molar refractivity (Wildman–Crippen MR) is 91.4 cm³/mol. The minimum absolute atomic E-state index is 0. The summed E-state index contributed by atoms with van der Waals surface area (Å²) in [5, 5.41) is 4.82. The molecule has 1 unspecified atom stereocenters. The number of nitrogens with two attached hydrogens (primary N) is 1. The van der Waals surface area contributed by atoms with Crippen molar-refractivity contribution in [3.63, 3.8) is 0 Å². The van der Waals surface area contributed by atoms with Crippen LogP contribution >= 0.6 is 35.6 Å². The van der Waals surface area contributed by atoms with Crippen LogP contribution in [-0.4, -0.2) is 10.1 Å². The third-order valence-corrected chi connectivity index (χ3v) is 4.75. The van der Waals surface area contributed by atoms with Gasteiger partial charge in [0.2, 0.25) is 0 Å².